The third-order valence-electron chi connectivity index (χ3n) is 16.2. The van der Waals surface area contributed by atoms with Crippen LogP contribution < -0.4 is 9.80 Å². The molecule has 342 valence electrons. The summed E-state index contributed by atoms with van der Waals surface area (Å²) in [6, 6.07) is 82.7. The summed E-state index contributed by atoms with van der Waals surface area (Å²) in [5.74, 6) is 0. The van der Waals surface area contributed by atoms with Gasteiger partial charge in [0, 0.05) is 62.5 Å². The molecule has 15 rings (SSSR count). The van der Waals surface area contributed by atoms with E-state index in [-0.39, 0.29) is 10.8 Å². The first kappa shape index (κ1) is 41.7. The lowest BCUT2D eigenvalue weighted by Gasteiger charge is -2.42. The Hall–Kier alpha value is -8.02. The standard InChI is InChI=1S/C68H48N2S2/c1-67(2)51-23-7-11-27-55(51)69(56-28-12-8-24-52(56)67)41-35-37-43-49(39-41)63(47-21-17-33-61-65(47)45-19-5-15-31-59(45)71-61)44-38-36-42(70-57-29-13-9-25-53(57)68(3,4)54-26-10-14-30-58(54)70)40-50(44)64(43)48-22-18-34-62-66(48)46-20-6-16-32-60(46)72-62/h5-40H,1-4H3. The van der Waals surface area contributed by atoms with Gasteiger partial charge in [0.25, 0.3) is 0 Å². The topological polar surface area (TPSA) is 6.48 Å². The van der Waals surface area contributed by atoms with E-state index >= 15 is 0 Å². The van der Waals surface area contributed by atoms with E-state index in [0.29, 0.717) is 0 Å². The van der Waals surface area contributed by atoms with Crippen LogP contribution in [0.1, 0.15) is 49.9 Å². The van der Waals surface area contributed by atoms with Gasteiger partial charge in [-0.15, -0.1) is 22.7 Å². The van der Waals surface area contributed by atoms with Crippen LogP contribution in [0.5, 0.6) is 0 Å². The van der Waals surface area contributed by atoms with Crippen LogP contribution in [-0.4, -0.2) is 0 Å². The molecule has 2 aliphatic heterocycles. The van der Waals surface area contributed by atoms with Gasteiger partial charge in [-0.1, -0.05) is 173 Å². The van der Waals surface area contributed by atoms with Gasteiger partial charge in [0.1, 0.15) is 0 Å². The van der Waals surface area contributed by atoms with Crippen molar-refractivity contribution in [3.8, 4) is 22.3 Å². The first-order chi connectivity index (χ1) is 35.3. The van der Waals surface area contributed by atoms with Crippen LogP contribution in [0.4, 0.5) is 34.1 Å². The summed E-state index contributed by atoms with van der Waals surface area (Å²) in [7, 11) is 0. The van der Waals surface area contributed by atoms with Gasteiger partial charge in [-0.25, -0.2) is 0 Å². The van der Waals surface area contributed by atoms with Crippen molar-refractivity contribution >= 4 is 119 Å². The molecule has 0 aliphatic carbocycles. The maximum atomic E-state index is 2.52. The van der Waals surface area contributed by atoms with Crippen molar-refractivity contribution in [2.45, 2.75) is 38.5 Å². The fraction of sp³-hybridized carbons (Fsp3) is 0.0882. The highest BCUT2D eigenvalue weighted by Crippen LogP contribution is 2.57. The minimum Gasteiger partial charge on any atom is -0.310 e. The molecule has 0 atom stereocenters. The number of benzene rings is 11. The second-order valence-corrected chi connectivity index (χ2v) is 22.9. The summed E-state index contributed by atoms with van der Waals surface area (Å²) < 4.78 is 5.20. The lowest BCUT2D eigenvalue weighted by molar-refractivity contribution is 0.632. The molecule has 11 aromatic carbocycles. The molecule has 72 heavy (non-hydrogen) atoms. The molecule has 2 nitrogen and oxygen atoms in total. The molecule has 0 spiro atoms. The Bertz CT molecular complexity index is 4050. The molecule has 0 fully saturated rings. The molecule has 0 bridgehead atoms. The number of hydrogen-bond acceptors (Lipinski definition) is 4. The van der Waals surface area contributed by atoms with Crippen molar-refractivity contribution in [3.63, 3.8) is 0 Å². The number of para-hydroxylation sites is 4. The number of rotatable bonds is 4. The van der Waals surface area contributed by atoms with Crippen LogP contribution in [0.2, 0.25) is 0 Å². The smallest absolute Gasteiger partial charge is 0.0502 e. The van der Waals surface area contributed by atoms with Gasteiger partial charge in [-0.3, -0.25) is 0 Å². The van der Waals surface area contributed by atoms with Gasteiger partial charge in [-0.05, 0) is 139 Å². The van der Waals surface area contributed by atoms with Crippen molar-refractivity contribution < 1.29 is 0 Å². The Labute approximate surface area is 427 Å². The van der Waals surface area contributed by atoms with E-state index in [9.17, 15) is 0 Å². The third kappa shape index (κ3) is 5.76. The van der Waals surface area contributed by atoms with Crippen LogP contribution in [-0.2, 0) is 10.8 Å². The van der Waals surface area contributed by atoms with E-state index in [1.165, 1.54) is 129 Å². The predicted octanol–water partition coefficient (Wildman–Crippen LogP) is 20.3. The molecule has 4 heterocycles. The van der Waals surface area contributed by atoms with E-state index in [4.69, 9.17) is 0 Å². The highest BCUT2D eigenvalue weighted by atomic mass is 32.1. The second-order valence-electron chi connectivity index (χ2n) is 20.8. The van der Waals surface area contributed by atoms with E-state index < -0.39 is 0 Å². The van der Waals surface area contributed by atoms with Crippen molar-refractivity contribution in [2.75, 3.05) is 9.80 Å². The summed E-state index contributed by atoms with van der Waals surface area (Å²) in [5, 5.41) is 10.1. The Kier molecular flexibility index (Phi) is 8.84. The molecule has 0 radical (unpaired) electrons. The fourth-order valence-electron chi connectivity index (χ4n) is 12.9. The summed E-state index contributed by atoms with van der Waals surface area (Å²) in [6.07, 6.45) is 0. The minimum atomic E-state index is -0.171. The number of nitrogens with zero attached hydrogens (tertiary/aromatic N) is 2. The zero-order valence-electron chi connectivity index (χ0n) is 40.5. The quantitative estimate of drug-likeness (QED) is 0.162. The van der Waals surface area contributed by atoms with Crippen LogP contribution in [0.3, 0.4) is 0 Å². The van der Waals surface area contributed by atoms with Crippen LogP contribution in [0.15, 0.2) is 218 Å². The third-order valence-corrected chi connectivity index (χ3v) is 18.5. The summed E-state index contributed by atoms with van der Waals surface area (Å²) in [4.78, 5) is 5.04. The minimum absolute atomic E-state index is 0.171. The molecule has 0 saturated heterocycles. The first-order valence-corrected chi connectivity index (χ1v) is 26.7. The summed E-state index contributed by atoms with van der Waals surface area (Å²) in [6.45, 7) is 9.48. The zero-order chi connectivity index (χ0) is 48.0. The predicted molar refractivity (Wildman–Crippen MR) is 312 cm³/mol. The molecule has 0 N–H and O–H groups in total. The molecule has 0 unspecified atom stereocenters. The molecule has 2 aromatic heterocycles. The average Bonchev–Trinajstić information content (AvgIpc) is 4.00. The van der Waals surface area contributed by atoms with Gasteiger partial charge in [-0.2, -0.15) is 0 Å². The van der Waals surface area contributed by atoms with Crippen LogP contribution >= 0.6 is 22.7 Å². The Balaban J connectivity index is 1.12. The van der Waals surface area contributed by atoms with Crippen molar-refractivity contribution in [1.29, 1.82) is 0 Å². The Morgan fingerprint density at radius 1 is 0.292 bits per heavy atom. The molecular formula is C68H48N2S2. The number of hydrogen-bond donors (Lipinski definition) is 0. The second kappa shape index (κ2) is 15.2. The number of anilines is 6. The van der Waals surface area contributed by atoms with Crippen molar-refractivity contribution in [3.05, 3.63) is 241 Å². The SMILES string of the molecule is CC1(C)c2ccccc2N(c2ccc3c(-c4cccc5sc6ccccc6c45)c4cc(N5c6ccccc6C(C)(C)c6ccccc65)ccc4c(-c4cccc5sc6ccccc6c45)c3c2)c2ccccc21. The van der Waals surface area contributed by atoms with Gasteiger partial charge >= 0.3 is 0 Å². The Morgan fingerprint density at radius 2 is 0.625 bits per heavy atom. The lowest BCUT2D eigenvalue weighted by atomic mass is 9.73. The van der Waals surface area contributed by atoms with E-state index in [2.05, 4.69) is 256 Å². The summed E-state index contributed by atoms with van der Waals surface area (Å²) >= 11 is 3.78. The highest BCUT2D eigenvalue weighted by molar-refractivity contribution is 7.26. The van der Waals surface area contributed by atoms with E-state index in [1.807, 2.05) is 22.7 Å². The number of thiophene rings is 2. The number of fused-ring (bicyclic) bond motifs is 12. The van der Waals surface area contributed by atoms with Crippen molar-refractivity contribution in [2.24, 2.45) is 0 Å². The first-order valence-electron chi connectivity index (χ1n) is 25.1. The van der Waals surface area contributed by atoms with Crippen LogP contribution in [0.25, 0.3) is 84.1 Å². The van der Waals surface area contributed by atoms with Crippen LogP contribution in [0, 0.1) is 0 Å². The molecule has 13 aromatic rings. The molecular weight excluding hydrogens is 909 g/mol. The molecule has 2 aliphatic rings. The van der Waals surface area contributed by atoms with E-state index in [1.54, 1.807) is 0 Å². The molecule has 4 heteroatoms. The zero-order valence-corrected chi connectivity index (χ0v) is 42.1. The van der Waals surface area contributed by atoms with Gasteiger partial charge in [0.05, 0.1) is 22.7 Å². The van der Waals surface area contributed by atoms with Gasteiger partial charge in [0.15, 0.2) is 0 Å². The maximum absolute atomic E-state index is 2.52. The highest BCUT2D eigenvalue weighted by Gasteiger charge is 2.38. The fourth-order valence-corrected chi connectivity index (χ4v) is 15.2. The lowest BCUT2D eigenvalue weighted by Crippen LogP contribution is -2.30. The molecule has 0 amide bonds. The normalized spacial score (nSPS) is 14.6. The largest absolute Gasteiger partial charge is 0.310 e. The molecule has 0 saturated carbocycles. The van der Waals surface area contributed by atoms with E-state index in [0.717, 1.165) is 11.4 Å². The Morgan fingerprint density at radius 3 is 1.01 bits per heavy atom. The van der Waals surface area contributed by atoms with Gasteiger partial charge < -0.3 is 9.80 Å². The van der Waals surface area contributed by atoms with Gasteiger partial charge in [0.2, 0.25) is 0 Å². The average molecular weight is 957 g/mol. The van der Waals surface area contributed by atoms with Crippen molar-refractivity contribution in [1.82, 2.24) is 0 Å². The maximum Gasteiger partial charge on any atom is 0.0502 e. The summed E-state index contributed by atoms with van der Waals surface area (Å²) in [5.41, 5.74) is 17.2. The monoisotopic (exact) mass is 956 g/mol.